The normalized spacial score (nSPS) is 13.9. The van der Waals surface area contributed by atoms with E-state index in [4.69, 9.17) is 8.47 Å². The molecule has 1 N–H and O–H groups in total. The molecule has 0 aliphatic heterocycles. The summed E-state index contributed by atoms with van der Waals surface area (Å²) >= 11 is 0. The zero-order valence-corrected chi connectivity index (χ0v) is 21.7. The molecule has 4 aromatic rings. The van der Waals surface area contributed by atoms with Crippen molar-refractivity contribution in [1.29, 1.82) is 0 Å². The summed E-state index contributed by atoms with van der Waals surface area (Å²) in [5.41, 5.74) is 4.05. The second-order valence-corrected chi connectivity index (χ2v) is 11.6. The van der Waals surface area contributed by atoms with Crippen LogP contribution in [0.15, 0.2) is 120 Å². The predicted molar refractivity (Wildman–Crippen MR) is 145 cm³/mol. The van der Waals surface area contributed by atoms with Crippen LogP contribution in [0.3, 0.4) is 0 Å². The van der Waals surface area contributed by atoms with Gasteiger partial charge in [0.2, 0.25) is 5.72 Å². The molecule has 0 atom stereocenters. The maximum atomic E-state index is 13.6. The summed E-state index contributed by atoms with van der Waals surface area (Å²) in [5.74, 6) is 0. The first-order valence-corrected chi connectivity index (χ1v) is 14.3. The third-order valence-corrected chi connectivity index (χ3v) is 8.71. The first-order valence-electron chi connectivity index (χ1n) is 11.5. The molecular formula is C29H23NO6S2. The molecule has 0 fully saturated rings. The van der Waals surface area contributed by atoms with Crippen molar-refractivity contribution in [2.45, 2.75) is 15.5 Å². The van der Waals surface area contributed by atoms with E-state index < -0.39 is 26.0 Å². The lowest BCUT2D eigenvalue weighted by Crippen LogP contribution is -2.46. The standard InChI is InChI=1S/C29H23NO6S2/c1-3-21-13-17-23(18-14-21)37(31,32)35-29(30-36-38(33,34)24-19-15-22(4-2)16-20-24)27-11-7-5-9-25(27)26-10-6-8-12-28(26)29/h3-20,30H,1-2H2. The molecule has 1 aliphatic rings. The molecular weight excluding hydrogens is 522 g/mol. The minimum absolute atomic E-state index is 0.117. The Morgan fingerprint density at radius 1 is 0.605 bits per heavy atom. The van der Waals surface area contributed by atoms with Gasteiger partial charge in [-0.2, -0.15) is 21.1 Å². The molecule has 38 heavy (non-hydrogen) atoms. The fourth-order valence-electron chi connectivity index (χ4n) is 4.33. The largest absolute Gasteiger partial charge is 0.312 e. The fourth-order valence-corrected chi connectivity index (χ4v) is 6.23. The summed E-state index contributed by atoms with van der Waals surface area (Å²) in [5, 5.41) is 0. The molecule has 9 heteroatoms. The molecule has 0 spiro atoms. The summed E-state index contributed by atoms with van der Waals surface area (Å²) in [6, 6.07) is 25.8. The van der Waals surface area contributed by atoms with Crippen LogP contribution in [0.4, 0.5) is 0 Å². The Morgan fingerprint density at radius 2 is 1.03 bits per heavy atom. The minimum Gasteiger partial charge on any atom is -0.231 e. The molecule has 0 heterocycles. The number of nitrogens with one attached hydrogen (secondary N) is 1. The Hall–Kier alpha value is -3.86. The van der Waals surface area contributed by atoms with Crippen LogP contribution >= 0.6 is 0 Å². The summed E-state index contributed by atoms with van der Waals surface area (Å²) in [6.45, 7) is 7.34. The SMILES string of the molecule is C=Cc1ccc(S(=O)(=O)ONC2(OS(=O)(=O)c3ccc(C=C)cc3)c3ccccc3-c3ccccc32)cc1. The molecule has 0 aromatic heterocycles. The van der Waals surface area contributed by atoms with E-state index in [0.29, 0.717) is 22.3 Å². The maximum Gasteiger partial charge on any atom is 0.312 e. The van der Waals surface area contributed by atoms with E-state index in [0.717, 1.165) is 11.1 Å². The van der Waals surface area contributed by atoms with E-state index in [9.17, 15) is 16.8 Å². The van der Waals surface area contributed by atoms with Gasteiger partial charge < -0.3 is 0 Å². The van der Waals surface area contributed by atoms with Crippen molar-refractivity contribution >= 4 is 32.4 Å². The highest BCUT2D eigenvalue weighted by molar-refractivity contribution is 7.87. The molecule has 1 aliphatic carbocycles. The highest BCUT2D eigenvalue weighted by Crippen LogP contribution is 2.49. The van der Waals surface area contributed by atoms with Crippen molar-refractivity contribution < 1.29 is 25.3 Å². The summed E-state index contributed by atoms with van der Waals surface area (Å²) in [6.07, 6.45) is 3.17. The van der Waals surface area contributed by atoms with Gasteiger partial charge in [-0.05, 0) is 46.5 Å². The van der Waals surface area contributed by atoms with Gasteiger partial charge in [0, 0.05) is 11.1 Å². The maximum absolute atomic E-state index is 13.6. The third-order valence-electron chi connectivity index (χ3n) is 6.24. The lowest BCUT2D eigenvalue weighted by molar-refractivity contribution is -0.0203. The average molecular weight is 546 g/mol. The van der Waals surface area contributed by atoms with Crippen LogP contribution in [-0.4, -0.2) is 16.8 Å². The average Bonchev–Trinajstić information content (AvgIpc) is 3.21. The van der Waals surface area contributed by atoms with Gasteiger partial charge in [-0.1, -0.05) is 98.1 Å². The molecule has 0 bridgehead atoms. The van der Waals surface area contributed by atoms with E-state index in [1.165, 1.54) is 24.3 Å². The van der Waals surface area contributed by atoms with Crippen molar-refractivity contribution in [1.82, 2.24) is 5.48 Å². The number of rotatable bonds is 9. The van der Waals surface area contributed by atoms with Gasteiger partial charge in [-0.3, -0.25) is 0 Å². The Morgan fingerprint density at radius 3 is 1.47 bits per heavy atom. The Kier molecular flexibility index (Phi) is 6.64. The van der Waals surface area contributed by atoms with Crippen LogP contribution in [-0.2, 0) is 34.4 Å². The van der Waals surface area contributed by atoms with Crippen molar-refractivity contribution in [3.8, 4) is 11.1 Å². The van der Waals surface area contributed by atoms with Crippen LogP contribution in [0, 0.1) is 0 Å². The summed E-state index contributed by atoms with van der Waals surface area (Å²) in [4.78, 5) is -0.248. The molecule has 0 saturated carbocycles. The lowest BCUT2D eigenvalue weighted by Gasteiger charge is -2.31. The minimum atomic E-state index is -4.44. The highest BCUT2D eigenvalue weighted by atomic mass is 32.2. The van der Waals surface area contributed by atoms with Crippen LogP contribution in [0.1, 0.15) is 22.3 Å². The van der Waals surface area contributed by atoms with E-state index in [1.54, 1.807) is 84.9 Å². The first kappa shape index (κ1) is 25.8. The number of hydrogen-bond acceptors (Lipinski definition) is 7. The van der Waals surface area contributed by atoms with Gasteiger partial charge in [0.25, 0.3) is 10.1 Å². The molecule has 0 amide bonds. The van der Waals surface area contributed by atoms with Crippen molar-refractivity contribution in [3.05, 3.63) is 132 Å². The van der Waals surface area contributed by atoms with Gasteiger partial charge in [-0.15, -0.1) is 5.48 Å². The fraction of sp³-hybridized carbons (Fsp3) is 0.0345. The first-order chi connectivity index (χ1) is 18.2. The van der Waals surface area contributed by atoms with Crippen molar-refractivity contribution in [3.63, 3.8) is 0 Å². The quantitative estimate of drug-likeness (QED) is 0.169. The van der Waals surface area contributed by atoms with Gasteiger partial charge in [-0.25, -0.2) is 4.18 Å². The molecule has 0 saturated heterocycles. The molecule has 4 aromatic carbocycles. The highest BCUT2D eigenvalue weighted by Gasteiger charge is 2.49. The van der Waals surface area contributed by atoms with E-state index >= 15 is 0 Å². The van der Waals surface area contributed by atoms with Crippen LogP contribution in [0.5, 0.6) is 0 Å². The zero-order valence-electron chi connectivity index (χ0n) is 20.1. The molecule has 5 rings (SSSR count). The Balaban J connectivity index is 1.62. The number of benzene rings is 4. The van der Waals surface area contributed by atoms with Gasteiger partial charge >= 0.3 is 10.1 Å². The number of hydrogen-bond donors (Lipinski definition) is 1. The topological polar surface area (TPSA) is 98.8 Å². The second-order valence-electron chi connectivity index (χ2n) is 8.50. The predicted octanol–water partition coefficient (Wildman–Crippen LogP) is 5.47. The number of fused-ring (bicyclic) bond motifs is 3. The van der Waals surface area contributed by atoms with Crippen LogP contribution in [0.2, 0.25) is 0 Å². The zero-order chi connectivity index (χ0) is 27.0. The smallest absolute Gasteiger partial charge is 0.231 e. The number of hydroxylamine groups is 1. The third kappa shape index (κ3) is 4.51. The Labute approximate surface area is 221 Å². The summed E-state index contributed by atoms with van der Waals surface area (Å²) in [7, 11) is -8.81. The molecule has 192 valence electrons. The second kappa shape index (κ2) is 9.79. The van der Waals surface area contributed by atoms with Crippen molar-refractivity contribution in [2.24, 2.45) is 0 Å². The van der Waals surface area contributed by atoms with Gasteiger partial charge in [0.1, 0.15) is 0 Å². The lowest BCUT2D eigenvalue weighted by atomic mass is 10.0. The van der Waals surface area contributed by atoms with Crippen LogP contribution < -0.4 is 5.48 Å². The van der Waals surface area contributed by atoms with E-state index in [-0.39, 0.29) is 9.79 Å². The molecule has 0 unspecified atom stereocenters. The monoisotopic (exact) mass is 545 g/mol. The van der Waals surface area contributed by atoms with E-state index in [2.05, 4.69) is 18.6 Å². The van der Waals surface area contributed by atoms with Crippen molar-refractivity contribution in [2.75, 3.05) is 0 Å². The van der Waals surface area contributed by atoms with Crippen LogP contribution in [0.25, 0.3) is 23.3 Å². The van der Waals surface area contributed by atoms with Gasteiger partial charge in [0.05, 0.1) is 9.79 Å². The summed E-state index contributed by atoms with van der Waals surface area (Å²) < 4.78 is 64.6. The van der Waals surface area contributed by atoms with Gasteiger partial charge in [0.15, 0.2) is 0 Å². The van der Waals surface area contributed by atoms with E-state index in [1.807, 2.05) is 0 Å². The molecule has 7 nitrogen and oxygen atoms in total. The Bertz CT molecular complexity index is 1700. The molecule has 0 radical (unpaired) electrons.